The molecule has 2 heterocycles. The molecule has 16 heteroatoms. The highest BCUT2D eigenvalue weighted by atomic mass is 35.5. The van der Waals surface area contributed by atoms with E-state index in [0.29, 0.717) is 28.2 Å². The van der Waals surface area contributed by atoms with E-state index in [-0.39, 0.29) is 19.3 Å². The van der Waals surface area contributed by atoms with Crippen LogP contribution in [0.5, 0.6) is 23.0 Å². The van der Waals surface area contributed by atoms with Gasteiger partial charge in [0.05, 0.1) is 6.54 Å². The molecule has 2 aliphatic heterocycles. The second-order valence-corrected chi connectivity index (χ2v) is 12.6. The van der Waals surface area contributed by atoms with E-state index in [9.17, 15) is 16.8 Å². The summed E-state index contributed by atoms with van der Waals surface area (Å²) in [5.74, 6) is 2.63. The zero-order chi connectivity index (χ0) is 28.7. The van der Waals surface area contributed by atoms with Crippen molar-refractivity contribution in [3.8, 4) is 23.0 Å². The fraction of sp³-hybridized carbons (Fsp3) is 0.455. The molecule has 0 saturated heterocycles. The van der Waals surface area contributed by atoms with E-state index in [1.165, 1.54) is 21.1 Å². The van der Waals surface area contributed by atoms with Gasteiger partial charge < -0.3 is 18.9 Å². The summed E-state index contributed by atoms with van der Waals surface area (Å²) < 4.78 is 66.4. The highest BCUT2D eigenvalue weighted by Crippen LogP contribution is 2.35. The number of hydrogen-bond donors (Lipinski definition) is 2. The summed E-state index contributed by atoms with van der Waals surface area (Å²) in [7, 11) is -2.99. The number of nitrogens with zero attached hydrogens (tertiary/aromatic N) is 2. The van der Waals surface area contributed by atoms with Crippen molar-refractivity contribution in [2.24, 2.45) is 10.3 Å². The summed E-state index contributed by atoms with van der Waals surface area (Å²) in [5, 5.41) is 10.8. The summed E-state index contributed by atoms with van der Waals surface area (Å²) in [5.41, 5.74) is 0. The van der Waals surface area contributed by atoms with Gasteiger partial charge in [-0.05, 0) is 30.7 Å². The highest BCUT2D eigenvalue weighted by Gasteiger charge is 2.25. The number of ether oxygens (including phenoxy) is 4. The minimum atomic E-state index is -3.71. The summed E-state index contributed by atoms with van der Waals surface area (Å²) in [6, 6.07) is 10.4. The quantitative estimate of drug-likeness (QED) is 0.517. The van der Waals surface area contributed by atoms with Gasteiger partial charge in [0.15, 0.2) is 23.0 Å². The Hall–Kier alpha value is -2.04. The summed E-state index contributed by atoms with van der Waals surface area (Å²) in [6.07, 6.45) is 0.734. The summed E-state index contributed by atoms with van der Waals surface area (Å²) in [4.78, 5) is 0. The van der Waals surface area contributed by atoms with Crippen LogP contribution in [0.25, 0.3) is 0 Å². The van der Waals surface area contributed by atoms with Crippen molar-refractivity contribution in [3.63, 3.8) is 0 Å². The number of likely N-dealkylation sites (N-methyl/N-ethyl adjacent to an activating group) is 1. The molecule has 0 radical (unpaired) electrons. The largest absolute Gasteiger partial charge is 0.486 e. The van der Waals surface area contributed by atoms with Crippen molar-refractivity contribution in [3.05, 3.63) is 46.4 Å². The molecular formula is C22H32Cl2N4O8S2. The highest BCUT2D eigenvalue weighted by molar-refractivity contribution is 7.87. The third-order valence-electron chi connectivity index (χ3n) is 5.11. The van der Waals surface area contributed by atoms with Gasteiger partial charge in [-0.1, -0.05) is 30.1 Å². The number of benzene rings is 2. The van der Waals surface area contributed by atoms with Crippen molar-refractivity contribution in [1.82, 2.24) is 8.61 Å². The molecule has 0 bridgehead atoms. The monoisotopic (exact) mass is 614 g/mol. The van der Waals surface area contributed by atoms with Gasteiger partial charge in [0.1, 0.15) is 25.4 Å². The first-order chi connectivity index (χ1) is 17.6. The zero-order valence-corrected chi connectivity index (χ0v) is 24.5. The molecule has 0 aliphatic carbocycles. The van der Waals surface area contributed by atoms with E-state index < -0.39 is 26.5 Å². The number of rotatable bonds is 5. The fourth-order valence-corrected chi connectivity index (χ4v) is 3.56. The van der Waals surface area contributed by atoms with Crippen molar-refractivity contribution in [2.75, 3.05) is 40.9 Å². The van der Waals surface area contributed by atoms with Gasteiger partial charge in [0.25, 0.3) is 20.4 Å². The number of fused-ring (bicyclic) bond motifs is 2. The lowest BCUT2D eigenvalue weighted by molar-refractivity contribution is 0.0799. The maximum absolute atomic E-state index is 11.1. The minimum Gasteiger partial charge on any atom is -0.486 e. The van der Waals surface area contributed by atoms with E-state index in [0.717, 1.165) is 26.5 Å². The Labute approximate surface area is 233 Å². The Kier molecular flexibility index (Phi) is 11.7. The van der Waals surface area contributed by atoms with Crippen molar-refractivity contribution < 1.29 is 35.8 Å². The SMILES string of the molecule is CC[C@H]1COc2cc(Cl)ccc2O1.CN(C)S(N)(=O)=O.CN(C[C@H]1COc2cc(Cl)ccc2O1)S(N)(=O)=O. The van der Waals surface area contributed by atoms with Crippen LogP contribution in [0, 0.1) is 0 Å². The normalized spacial score (nSPS) is 18.2. The molecule has 4 rings (SSSR count). The van der Waals surface area contributed by atoms with E-state index in [1.807, 2.05) is 12.1 Å². The van der Waals surface area contributed by atoms with Gasteiger partial charge >= 0.3 is 0 Å². The first-order valence-electron chi connectivity index (χ1n) is 11.2. The predicted molar refractivity (Wildman–Crippen MR) is 146 cm³/mol. The van der Waals surface area contributed by atoms with E-state index in [2.05, 4.69) is 12.1 Å². The molecule has 2 aromatic carbocycles. The van der Waals surface area contributed by atoms with Crippen LogP contribution in [0.3, 0.4) is 0 Å². The first kappa shape index (κ1) is 32.2. The third-order valence-corrected chi connectivity index (χ3v) is 7.61. The van der Waals surface area contributed by atoms with Gasteiger partial charge in [-0.3, -0.25) is 0 Å². The van der Waals surface area contributed by atoms with Crippen molar-refractivity contribution in [1.29, 1.82) is 0 Å². The van der Waals surface area contributed by atoms with Crippen LogP contribution in [-0.2, 0) is 20.4 Å². The van der Waals surface area contributed by atoms with Crippen LogP contribution in [-0.4, -0.2) is 78.6 Å². The third kappa shape index (κ3) is 10.3. The standard InChI is InChI=1S/C10H13ClN2O4S.C10H11ClO2.C2H8N2O2S/c1-13(18(12,14)15)5-8-6-16-10-4-7(11)2-3-9(10)17-8;1-2-8-6-12-10-5-7(11)3-4-9(10)13-8;1-4(2)7(3,5)6/h2-4,8H,5-6H2,1H3,(H2,12,14,15);3-5,8H,2,6H2,1H3;1-2H3,(H2,3,5,6)/t2*8-;/m00./s1. The van der Waals surface area contributed by atoms with Crippen LogP contribution >= 0.6 is 23.2 Å². The molecule has 2 aliphatic rings. The Balaban J connectivity index is 0.000000221. The molecule has 0 unspecified atom stereocenters. The first-order valence-corrected chi connectivity index (χ1v) is 15.0. The fourth-order valence-electron chi connectivity index (χ4n) is 2.86. The van der Waals surface area contributed by atoms with Crippen LogP contribution in [0.15, 0.2) is 36.4 Å². The van der Waals surface area contributed by atoms with Crippen molar-refractivity contribution in [2.45, 2.75) is 25.6 Å². The van der Waals surface area contributed by atoms with Gasteiger partial charge in [-0.25, -0.2) is 10.3 Å². The number of hydrogen-bond acceptors (Lipinski definition) is 8. The molecule has 2 aromatic rings. The van der Waals surface area contributed by atoms with Gasteiger partial charge in [0, 0.05) is 43.3 Å². The van der Waals surface area contributed by atoms with E-state index >= 15 is 0 Å². The van der Waals surface area contributed by atoms with Crippen LogP contribution < -0.4 is 29.2 Å². The average molecular weight is 616 g/mol. The molecule has 0 amide bonds. The second kappa shape index (κ2) is 13.8. The predicted octanol–water partition coefficient (Wildman–Crippen LogP) is 2.26. The molecule has 214 valence electrons. The number of nitrogens with two attached hydrogens (primary N) is 2. The molecule has 2 atom stereocenters. The molecule has 0 saturated carbocycles. The zero-order valence-electron chi connectivity index (χ0n) is 21.3. The maximum atomic E-state index is 11.1. The molecule has 0 fully saturated rings. The Bertz CT molecular complexity index is 1300. The molecule has 4 N–H and O–H groups in total. The van der Waals surface area contributed by atoms with Gasteiger partial charge in [-0.15, -0.1) is 0 Å². The smallest absolute Gasteiger partial charge is 0.276 e. The Morgan fingerprint density at radius 3 is 1.61 bits per heavy atom. The Morgan fingerprint density at radius 2 is 1.21 bits per heavy atom. The lowest BCUT2D eigenvalue weighted by Gasteiger charge is -2.28. The molecular weight excluding hydrogens is 583 g/mol. The maximum Gasteiger partial charge on any atom is 0.276 e. The lowest BCUT2D eigenvalue weighted by Crippen LogP contribution is -2.44. The van der Waals surface area contributed by atoms with E-state index in [4.69, 9.17) is 47.3 Å². The summed E-state index contributed by atoms with van der Waals surface area (Å²) >= 11 is 11.6. The lowest BCUT2D eigenvalue weighted by atomic mass is 10.2. The van der Waals surface area contributed by atoms with Gasteiger partial charge in [0.2, 0.25) is 0 Å². The van der Waals surface area contributed by atoms with E-state index in [1.54, 1.807) is 24.3 Å². The molecule has 0 spiro atoms. The van der Waals surface area contributed by atoms with Gasteiger partial charge in [-0.2, -0.15) is 25.4 Å². The van der Waals surface area contributed by atoms with Crippen molar-refractivity contribution >= 4 is 43.6 Å². The van der Waals surface area contributed by atoms with Crippen LogP contribution in [0.1, 0.15) is 13.3 Å². The van der Waals surface area contributed by atoms with Crippen LogP contribution in [0.4, 0.5) is 0 Å². The van der Waals surface area contributed by atoms with Crippen LogP contribution in [0.2, 0.25) is 10.0 Å². The summed E-state index contributed by atoms with van der Waals surface area (Å²) in [6.45, 7) is 3.06. The topological polar surface area (TPSA) is 164 Å². The Morgan fingerprint density at radius 1 is 0.789 bits per heavy atom. The molecule has 0 aromatic heterocycles. The minimum absolute atomic E-state index is 0.126. The molecule has 12 nitrogen and oxygen atoms in total. The average Bonchev–Trinajstić information content (AvgIpc) is 2.83. The number of halogens is 2. The molecule has 38 heavy (non-hydrogen) atoms. The second-order valence-electron chi connectivity index (χ2n) is 8.34.